The largest absolute Gasteiger partial charge is 0.381 e. The summed E-state index contributed by atoms with van der Waals surface area (Å²) in [6, 6.07) is 10.4. The Hall–Kier alpha value is -2.25. The lowest BCUT2D eigenvalue weighted by molar-refractivity contribution is -0.389. The van der Waals surface area contributed by atoms with Crippen LogP contribution in [0.5, 0.6) is 0 Å². The van der Waals surface area contributed by atoms with Gasteiger partial charge in [-0.1, -0.05) is 30.3 Å². The molecule has 0 radical (unpaired) electrons. The van der Waals surface area contributed by atoms with Crippen LogP contribution in [0.1, 0.15) is 12.0 Å². The lowest BCUT2D eigenvalue weighted by Gasteiger charge is -2.23. The van der Waals surface area contributed by atoms with Gasteiger partial charge in [0.1, 0.15) is 6.20 Å². The van der Waals surface area contributed by atoms with E-state index in [1.54, 1.807) is 4.57 Å². The molecule has 1 aromatic heterocycles. The molecular weight excluding hydrogens is 296 g/mol. The summed E-state index contributed by atoms with van der Waals surface area (Å²) in [4.78, 5) is 16.4. The molecule has 3 rings (SSSR count). The van der Waals surface area contributed by atoms with Crippen molar-refractivity contribution in [1.82, 2.24) is 14.5 Å². The topological polar surface area (TPSA) is 73.4 Å². The van der Waals surface area contributed by atoms with Crippen molar-refractivity contribution in [1.29, 1.82) is 0 Å². The zero-order valence-corrected chi connectivity index (χ0v) is 12.9. The summed E-state index contributed by atoms with van der Waals surface area (Å²) < 4.78 is 7.62. The van der Waals surface area contributed by atoms with E-state index >= 15 is 0 Å². The highest BCUT2D eigenvalue weighted by molar-refractivity contribution is 5.14. The van der Waals surface area contributed by atoms with Gasteiger partial charge in [-0.15, -0.1) is 0 Å². The van der Waals surface area contributed by atoms with Gasteiger partial charge in [-0.2, -0.15) is 0 Å². The molecule has 1 saturated heterocycles. The molecule has 122 valence electrons. The molecule has 1 aliphatic rings. The summed E-state index contributed by atoms with van der Waals surface area (Å²) in [6.45, 7) is 3.99. The highest BCUT2D eigenvalue weighted by Gasteiger charge is 2.20. The smallest absolute Gasteiger partial charge is 0.375 e. The minimum absolute atomic E-state index is 0.00927. The van der Waals surface area contributed by atoms with Crippen molar-refractivity contribution in [3.05, 3.63) is 58.5 Å². The average Bonchev–Trinajstić information content (AvgIpc) is 2.90. The van der Waals surface area contributed by atoms with Crippen LogP contribution in [-0.2, 0) is 17.8 Å². The average molecular weight is 316 g/mol. The molecule has 7 nitrogen and oxygen atoms in total. The first-order valence-corrected chi connectivity index (χ1v) is 7.75. The molecule has 0 N–H and O–H groups in total. The van der Waals surface area contributed by atoms with E-state index in [1.807, 2.05) is 18.2 Å². The summed E-state index contributed by atoms with van der Waals surface area (Å²) in [5, 5.41) is 10.7. The summed E-state index contributed by atoms with van der Waals surface area (Å²) in [5.74, 6) is -0.125. The van der Waals surface area contributed by atoms with E-state index in [1.165, 1.54) is 18.1 Å². The van der Waals surface area contributed by atoms with Gasteiger partial charge in [0.25, 0.3) is 0 Å². The molecule has 0 bridgehead atoms. The van der Waals surface area contributed by atoms with Gasteiger partial charge in [-0.3, -0.25) is 4.90 Å². The standard InChI is InChI=1S/C16H20N4O3/c21-20(22)16-12-19(13-17-16)11-15-10-18(7-4-8-23-15)9-14-5-2-1-3-6-14/h1-3,5-6,12-13,15H,4,7-11H2/t15-/m0/s1. The maximum atomic E-state index is 10.7. The van der Waals surface area contributed by atoms with Gasteiger partial charge < -0.3 is 19.4 Å². The van der Waals surface area contributed by atoms with Gasteiger partial charge in [0.2, 0.25) is 6.33 Å². The van der Waals surface area contributed by atoms with Crippen molar-refractivity contribution in [2.24, 2.45) is 0 Å². The molecule has 1 atom stereocenters. The molecule has 0 aliphatic carbocycles. The highest BCUT2D eigenvalue weighted by atomic mass is 16.6. The van der Waals surface area contributed by atoms with Crippen LogP contribution in [0, 0.1) is 10.1 Å². The van der Waals surface area contributed by atoms with Crippen LogP contribution in [0.4, 0.5) is 5.82 Å². The molecule has 23 heavy (non-hydrogen) atoms. The van der Waals surface area contributed by atoms with Crippen molar-refractivity contribution in [3.63, 3.8) is 0 Å². The lowest BCUT2D eigenvalue weighted by Crippen LogP contribution is -2.33. The zero-order valence-electron chi connectivity index (χ0n) is 12.9. The fourth-order valence-electron chi connectivity index (χ4n) is 2.84. The Morgan fingerprint density at radius 2 is 2.17 bits per heavy atom. The third-order valence-electron chi connectivity index (χ3n) is 3.90. The van der Waals surface area contributed by atoms with Gasteiger partial charge in [0.15, 0.2) is 0 Å². The molecule has 1 aromatic carbocycles. The van der Waals surface area contributed by atoms with Gasteiger partial charge in [0, 0.05) is 26.2 Å². The van der Waals surface area contributed by atoms with Crippen molar-refractivity contribution in [3.8, 4) is 0 Å². The van der Waals surface area contributed by atoms with Crippen LogP contribution in [-0.4, -0.2) is 45.2 Å². The first-order chi connectivity index (χ1) is 11.2. The number of ether oxygens (including phenoxy) is 1. The van der Waals surface area contributed by atoms with Crippen molar-refractivity contribution in [2.75, 3.05) is 19.7 Å². The molecule has 0 unspecified atom stereocenters. The Kier molecular flexibility index (Phi) is 4.99. The van der Waals surface area contributed by atoms with Crippen LogP contribution in [0.15, 0.2) is 42.9 Å². The maximum Gasteiger partial charge on any atom is 0.381 e. The molecule has 1 aliphatic heterocycles. The quantitative estimate of drug-likeness (QED) is 0.624. The van der Waals surface area contributed by atoms with E-state index in [0.717, 1.165) is 26.1 Å². The Bertz CT molecular complexity index is 644. The lowest BCUT2D eigenvalue weighted by atomic mass is 10.2. The number of hydrogen-bond donors (Lipinski definition) is 0. The molecule has 2 aromatic rings. The van der Waals surface area contributed by atoms with Gasteiger partial charge in [-0.25, -0.2) is 0 Å². The zero-order chi connectivity index (χ0) is 16.1. The molecule has 0 saturated carbocycles. The number of rotatable bonds is 5. The van der Waals surface area contributed by atoms with Crippen molar-refractivity contribution < 1.29 is 9.66 Å². The van der Waals surface area contributed by atoms with E-state index in [2.05, 4.69) is 22.0 Å². The second kappa shape index (κ2) is 7.34. The monoisotopic (exact) mass is 316 g/mol. The summed E-state index contributed by atoms with van der Waals surface area (Å²) in [5.41, 5.74) is 1.28. The molecular formula is C16H20N4O3. The van der Waals surface area contributed by atoms with E-state index in [4.69, 9.17) is 4.74 Å². The summed E-state index contributed by atoms with van der Waals surface area (Å²) >= 11 is 0. The Morgan fingerprint density at radius 3 is 2.91 bits per heavy atom. The molecule has 0 spiro atoms. The number of hydrogen-bond acceptors (Lipinski definition) is 5. The second-order valence-electron chi connectivity index (χ2n) is 5.75. The molecule has 0 amide bonds. The van der Waals surface area contributed by atoms with Crippen LogP contribution in [0.25, 0.3) is 0 Å². The number of benzene rings is 1. The normalized spacial score (nSPS) is 19.4. The van der Waals surface area contributed by atoms with Gasteiger partial charge in [-0.05, 0) is 21.9 Å². The van der Waals surface area contributed by atoms with E-state index in [9.17, 15) is 10.1 Å². The van der Waals surface area contributed by atoms with Crippen LogP contribution in [0.2, 0.25) is 0 Å². The fraction of sp³-hybridized carbons (Fsp3) is 0.438. The van der Waals surface area contributed by atoms with Gasteiger partial charge >= 0.3 is 5.82 Å². The minimum atomic E-state index is -0.480. The SMILES string of the molecule is O=[N+]([O-])c1cn(C[C@@H]2CN(Cc3ccccc3)CCCO2)cn1. The van der Waals surface area contributed by atoms with E-state index in [-0.39, 0.29) is 11.9 Å². The number of nitro groups is 1. The van der Waals surface area contributed by atoms with Gasteiger partial charge in [0.05, 0.1) is 12.6 Å². The Balaban J connectivity index is 1.61. The predicted molar refractivity (Wildman–Crippen MR) is 85.0 cm³/mol. The first kappa shape index (κ1) is 15.6. The van der Waals surface area contributed by atoms with Crippen LogP contribution in [0.3, 0.4) is 0 Å². The van der Waals surface area contributed by atoms with Crippen LogP contribution < -0.4 is 0 Å². The number of aromatic nitrogens is 2. The maximum absolute atomic E-state index is 10.7. The molecule has 7 heteroatoms. The summed E-state index contributed by atoms with van der Waals surface area (Å²) in [6.07, 6.45) is 3.95. The molecule has 2 heterocycles. The van der Waals surface area contributed by atoms with Crippen LogP contribution >= 0.6 is 0 Å². The number of nitrogens with zero attached hydrogens (tertiary/aromatic N) is 4. The van der Waals surface area contributed by atoms with E-state index in [0.29, 0.717) is 13.2 Å². The Labute approximate surface area is 134 Å². The molecule has 1 fully saturated rings. The third-order valence-corrected chi connectivity index (χ3v) is 3.90. The fourth-order valence-corrected chi connectivity index (χ4v) is 2.84. The second-order valence-corrected chi connectivity index (χ2v) is 5.75. The highest BCUT2D eigenvalue weighted by Crippen LogP contribution is 2.13. The van der Waals surface area contributed by atoms with Crippen molar-refractivity contribution >= 4 is 5.82 Å². The Morgan fingerprint density at radius 1 is 1.35 bits per heavy atom. The minimum Gasteiger partial charge on any atom is -0.375 e. The third kappa shape index (κ3) is 4.37. The number of imidazole rings is 1. The summed E-state index contributed by atoms with van der Waals surface area (Å²) in [7, 11) is 0. The first-order valence-electron chi connectivity index (χ1n) is 7.75. The van der Waals surface area contributed by atoms with Crippen molar-refractivity contribution in [2.45, 2.75) is 25.6 Å². The predicted octanol–water partition coefficient (Wildman–Crippen LogP) is 2.08. The van der Waals surface area contributed by atoms with E-state index < -0.39 is 4.92 Å².